The summed E-state index contributed by atoms with van der Waals surface area (Å²) in [7, 11) is 1.69. The van der Waals surface area contributed by atoms with Crippen molar-refractivity contribution in [3.63, 3.8) is 0 Å². The van der Waals surface area contributed by atoms with Crippen LogP contribution in [0.15, 0.2) is 45.9 Å². The molecule has 1 amide bonds. The monoisotopic (exact) mass is 299 g/mol. The van der Waals surface area contributed by atoms with Crippen LogP contribution in [-0.4, -0.2) is 27.8 Å². The van der Waals surface area contributed by atoms with E-state index in [9.17, 15) is 9.59 Å². The number of benzene rings is 1. The van der Waals surface area contributed by atoms with Crippen molar-refractivity contribution in [2.24, 2.45) is 0 Å². The van der Waals surface area contributed by atoms with E-state index >= 15 is 0 Å². The molecule has 0 saturated heterocycles. The van der Waals surface area contributed by atoms with Gasteiger partial charge in [0.1, 0.15) is 0 Å². The van der Waals surface area contributed by atoms with Crippen LogP contribution in [0, 0.1) is 0 Å². The fraction of sp³-hybridized carbons (Fsp3) is 0.133. The highest BCUT2D eigenvalue weighted by Gasteiger charge is 2.16. The van der Waals surface area contributed by atoms with Crippen molar-refractivity contribution >= 4 is 28.1 Å². The van der Waals surface area contributed by atoms with E-state index in [4.69, 9.17) is 0 Å². The van der Waals surface area contributed by atoms with Gasteiger partial charge < -0.3 is 9.88 Å². The van der Waals surface area contributed by atoms with E-state index < -0.39 is 0 Å². The lowest BCUT2D eigenvalue weighted by molar-refractivity contribution is 0.0773. The highest BCUT2D eigenvalue weighted by atomic mass is 32.1. The van der Waals surface area contributed by atoms with Gasteiger partial charge in [0.25, 0.3) is 11.5 Å². The maximum atomic E-state index is 12.4. The average molecular weight is 299 g/mol. The van der Waals surface area contributed by atoms with Crippen molar-refractivity contribution in [3.05, 3.63) is 62.8 Å². The molecule has 2 heterocycles. The summed E-state index contributed by atoms with van der Waals surface area (Å²) in [5.74, 6) is -0.236. The topological polar surface area (TPSA) is 66.1 Å². The zero-order valence-electron chi connectivity index (χ0n) is 11.4. The molecule has 0 radical (unpaired) electrons. The van der Waals surface area contributed by atoms with Gasteiger partial charge in [-0.05, 0) is 34.5 Å². The number of hydrogen-bond acceptors (Lipinski definition) is 4. The van der Waals surface area contributed by atoms with Crippen LogP contribution < -0.4 is 5.56 Å². The van der Waals surface area contributed by atoms with Crippen LogP contribution in [0.4, 0.5) is 0 Å². The summed E-state index contributed by atoms with van der Waals surface area (Å²) in [6, 6.07) is 8.93. The molecule has 21 heavy (non-hydrogen) atoms. The zero-order chi connectivity index (χ0) is 14.8. The highest BCUT2D eigenvalue weighted by molar-refractivity contribution is 7.07. The summed E-state index contributed by atoms with van der Waals surface area (Å²) in [6.45, 7) is 0.485. The maximum Gasteiger partial charge on any atom is 0.289 e. The largest absolute Gasteiger partial charge is 0.335 e. The Morgan fingerprint density at radius 1 is 1.33 bits per heavy atom. The normalized spacial score (nSPS) is 10.7. The summed E-state index contributed by atoms with van der Waals surface area (Å²) in [4.78, 5) is 32.7. The summed E-state index contributed by atoms with van der Waals surface area (Å²) >= 11 is 1.58. The van der Waals surface area contributed by atoms with Gasteiger partial charge >= 0.3 is 0 Å². The molecule has 1 aromatic carbocycles. The number of para-hydroxylation sites is 1. The Balaban J connectivity index is 1.92. The molecule has 3 aromatic rings. The number of H-pyrrole nitrogens is 1. The number of nitrogens with zero attached hydrogens (tertiary/aromatic N) is 2. The molecule has 5 nitrogen and oxygen atoms in total. The lowest BCUT2D eigenvalue weighted by atomic mass is 10.2. The van der Waals surface area contributed by atoms with Gasteiger partial charge in [0.05, 0.1) is 10.9 Å². The Hall–Kier alpha value is -2.47. The van der Waals surface area contributed by atoms with E-state index in [2.05, 4.69) is 9.97 Å². The minimum absolute atomic E-state index is 0.0661. The molecule has 0 aliphatic heterocycles. The Labute approximate surface area is 124 Å². The Kier molecular flexibility index (Phi) is 3.53. The molecule has 0 aliphatic rings. The van der Waals surface area contributed by atoms with E-state index in [1.54, 1.807) is 42.6 Å². The van der Waals surface area contributed by atoms with Crippen LogP contribution >= 0.6 is 11.3 Å². The number of hydrogen-bond donors (Lipinski definition) is 1. The molecule has 0 spiro atoms. The minimum atomic E-state index is -0.302. The van der Waals surface area contributed by atoms with Gasteiger partial charge in [0.15, 0.2) is 5.82 Å². The number of aromatic amines is 1. The predicted octanol–water partition coefficient (Wildman–Crippen LogP) is 2.26. The molecular formula is C15H13N3O2S. The van der Waals surface area contributed by atoms with Crippen molar-refractivity contribution in [1.82, 2.24) is 14.9 Å². The number of fused-ring (bicyclic) bond motifs is 1. The van der Waals surface area contributed by atoms with Crippen molar-refractivity contribution < 1.29 is 4.79 Å². The summed E-state index contributed by atoms with van der Waals surface area (Å²) in [6.07, 6.45) is 0. The third-order valence-electron chi connectivity index (χ3n) is 3.16. The molecule has 3 rings (SSSR count). The van der Waals surface area contributed by atoms with Crippen LogP contribution in [0.25, 0.3) is 10.9 Å². The Morgan fingerprint density at radius 2 is 2.14 bits per heavy atom. The second-order valence-electron chi connectivity index (χ2n) is 4.72. The second kappa shape index (κ2) is 5.49. The maximum absolute atomic E-state index is 12.4. The fourth-order valence-corrected chi connectivity index (χ4v) is 2.76. The van der Waals surface area contributed by atoms with Gasteiger partial charge in [0.2, 0.25) is 0 Å². The van der Waals surface area contributed by atoms with Crippen molar-refractivity contribution in [2.45, 2.75) is 6.54 Å². The molecule has 0 unspecified atom stereocenters. The molecule has 0 atom stereocenters. The molecule has 106 valence electrons. The van der Waals surface area contributed by atoms with E-state index in [-0.39, 0.29) is 17.3 Å². The third kappa shape index (κ3) is 2.71. The molecule has 2 aromatic heterocycles. The second-order valence-corrected chi connectivity index (χ2v) is 5.50. The highest BCUT2D eigenvalue weighted by Crippen LogP contribution is 2.11. The zero-order valence-corrected chi connectivity index (χ0v) is 12.2. The van der Waals surface area contributed by atoms with Gasteiger partial charge in [-0.25, -0.2) is 4.98 Å². The molecule has 6 heteroatoms. The van der Waals surface area contributed by atoms with Crippen molar-refractivity contribution in [2.75, 3.05) is 7.05 Å². The first kappa shape index (κ1) is 13.5. The minimum Gasteiger partial charge on any atom is -0.335 e. The van der Waals surface area contributed by atoms with Crippen molar-refractivity contribution in [3.8, 4) is 0 Å². The van der Waals surface area contributed by atoms with Gasteiger partial charge in [-0.3, -0.25) is 9.59 Å². The van der Waals surface area contributed by atoms with Gasteiger partial charge in [-0.1, -0.05) is 12.1 Å². The van der Waals surface area contributed by atoms with Gasteiger partial charge in [-0.15, -0.1) is 0 Å². The number of amides is 1. The third-order valence-corrected chi connectivity index (χ3v) is 3.89. The van der Waals surface area contributed by atoms with E-state index in [0.29, 0.717) is 17.4 Å². The molecule has 0 fully saturated rings. The first-order valence-electron chi connectivity index (χ1n) is 6.41. The number of thiophene rings is 1. The van der Waals surface area contributed by atoms with Gasteiger partial charge in [-0.2, -0.15) is 11.3 Å². The molecule has 0 saturated carbocycles. The van der Waals surface area contributed by atoms with Crippen LogP contribution in [0.5, 0.6) is 0 Å². The number of aromatic nitrogens is 2. The molecular weight excluding hydrogens is 286 g/mol. The van der Waals surface area contributed by atoms with Crippen LogP contribution in [0.1, 0.15) is 16.2 Å². The molecule has 1 N–H and O–H groups in total. The lowest BCUT2D eigenvalue weighted by Crippen LogP contribution is -2.29. The fourth-order valence-electron chi connectivity index (χ4n) is 2.10. The SMILES string of the molecule is CN(Cc1ccsc1)C(=O)c1nc2ccccc2c(=O)[nH]1. The summed E-state index contributed by atoms with van der Waals surface area (Å²) in [5, 5.41) is 4.43. The van der Waals surface area contributed by atoms with Crippen molar-refractivity contribution in [1.29, 1.82) is 0 Å². The van der Waals surface area contributed by atoms with Crippen LogP contribution in [0.3, 0.4) is 0 Å². The first-order chi connectivity index (χ1) is 10.1. The summed E-state index contributed by atoms with van der Waals surface area (Å²) in [5.41, 5.74) is 1.28. The number of carbonyl (C=O) groups excluding carboxylic acids is 1. The number of nitrogens with one attached hydrogen (secondary N) is 1. The smallest absolute Gasteiger partial charge is 0.289 e. The van der Waals surface area contributed by atoms with Crippen LogP contribution in [0.2, 0.25) is 0 Å². The van der Waals surface area contributed by atoms with E-state index in [0.717, 1.165) is 5.56 Å². The first-order valence-corrected chi connectivity index (χ1v) is 7.35. The lowest BCUT2D eigenvalue weighted by Gasteiger charge is -2.15. The quantitative estimate of drug-likeness (QED) is 0.806. The van der Waals surface area contributed by atoms with E-state index in [1.807, 2.05) is 16.8 Å². The van der Waals surface area contributed by atoms with E-state index in [1.165, 1.54) is 4.90 Å². The number of rotatable bonds is 3. The average Bonchev–Trinajstić information content (AvgIpc) is 2.99. The van der Waals surface area contributed by atoms with Gasteiger partial charge in [0, 0.05) is 13.6 Å². The number of carbonyl (C=O) groups is 1. The summed E-state index contributed by atoms with van der Waals surface area (Å²) < 4.78 is 0. The van der Waals surface area contributed by atoms with Crippen LogP contribution in [-0.2, 0) is 6.54 Å². The molecule has 0 aliphatic carbocycles. The Morgan fingerprint density at radius 3 is 2.90 bits per heavy atom. The molecule has 0 bridgehead atoms. The Bertz CT molecular complexity index is 840. The predicted molar refractivity (Wildman–Crippen MR) is 82.5 cm³/mol. The standard InChI is InChI=1S/C15H13N3O2S/c1-18(8-10-6-7-21-9-10)15(20)13-16-12-5-3-2-4-11(12)14(19)17-13/h2-7,9H,8H2,1H3,(H,16,17,19).